The predicted octanol–water partition coefficient (Wildman–Crippen LogP) is 2.66. The molecule has 0 saturated heterocycles. The van der Waals surface area contributed by atoms with Gasteiger partial charge in [-0.2, -0.15) is 0 Å². The average Bonchev–Trinajstić information content (AvgIpc) is 2.37. The van der Waals surface area contributed by atoms with Crippen molar-refractivity contribution in [3.8, 4) is 0 Å². The zero-order valence-corrected chi connectivity index (χ0v) is 13.3. The molecular formula is C13H15Cl2FN2O2S. The smallest absolute Gasteiger partial charge is 0.202 e. The molecule has 0 aliphatic rings. The highest BCUT2D eigenvalue weighted by Crippen LogP contribution is 2.17. The van der Waals surface area contributed by atoms with Crippen molar-refractivity contribution in [3.63, 3.8) is 0 Å². The Morgan fingerprint density at radius 2 is 1.86 bits per heavy atom. The second-order valence-corrected chi connectivity index (χ2v) is 5.92. The van der Waals surface area contributed by atoms with E-state index in [1.54, 1.807) is 18.2 Å². The lowest BCUT2D eigenvalue weighted by molar-refractivity contribution is 0.580. The molecule has 4 nitrogen and oxygen atoms in total. The Kier molecular flexibility index (Phi) is 7.81. The highest BCUT2D eigenvalue weighted by atomic mass is 35.5. The number of nitrogens with two attached hydrogens (primary N) is 1. The number of halogens is 3. The molecule has 0 unspecified atom stereocenters. The maximum Gasteiger partial charge on any atom is 0.202 e. The Labute approximate surface area is 135 Å². The topological polar surface area (TPSA) is 73.1 Å². The molecule has 1 aromatic carbocycles. The highest BCUT2D eigenvalue weighted by molar-refractivity contribution is 7.91. The van der Waals surface area contributed by atoms with Crippen molar-refractivity contribution < 1.29 is 12.8 Å². The number of nitrogens with zero attached hydrogens (tertiary/aromatic N) is 1. The van der Waals surface area contributed by atoms with E-state index >= 15 is 0 Å². The van der Waals surface area contributed by atoms with E-state index in [1.165, 1.54) is 6.07 Å². The van der Waals surface area contributed by atoms with Gasteiger partial charge < -0.3 is 5.73 Å². The maximum absolute atomic E-state index is 13.3. The van der Waals surface area contributed by atoms with Gasteiger partial charge in [-0.3, -0.25) is 0 Å². The zero-order valence-electron chi connectivity index (χ0n) is 10.9. The standard InChI is InChI=1S/C13H13FN2O2S.2ClH/c14-11(7-8-15)9-19(17,18)13-6-5-10-3-1-2-4-12(10)16-13;;/h1-7H,8-9,15H2;2*1H/b11-7-;;. The molecule has 0 saturated carbocycles. The molecular weight excluding hydrogens is 338 g/mol. The number of para-hydroxylation sites is 1. The minimum atomic E-state index is -3.78. The van der Waals surface area contributed by atoms with Crippen LogP contribution in [0.2, 0.25) is 0 Å². The van der Waals surface area contributed by atoms with Gasteiger partial charge in [0.15, 0.2) is 5.03 Å². The van der Waals surface area contributed by atoms with Gasteiger partial charge in [-0.05, 0) is 24.3 Å². The summed E-state index contributed by atoms with van der Waals surface area (Å²) in [6, 6.07) is 10.2. The molecule has 2 N–H and O–H groups in total. The van der Waals surface area contributed by atoms with Gasteiger partial charge in [0.2, 0.25) is 9.84 Å². The fourth-order valence-electron chi connectivity index (χ4n) is 1.66. The first-order valence-electron chi connectivity index (χ1n) is 5.66. The Hall–Kier alpha value is -1.21. The van der Waals surface area contributed by atoms with Crippen LogP contribution in [-0.2, 0) is 9.84 Å². The predicted molar refractivity (Wildman–Crippen MR) is 86.5 cm³/mol. The third-order valence-corrected chi connectivity index (χ3v) is 4.08. The quantitative estimate of drug-likeness (QED) is 0.917. The number of sulfone groups is 1. The van der Waals surface area contributed by atoms with E-state index in [0.29, 0.717) is 5.52 Å². The SMILES string of the molecule is Cl.Cl.NC/C=C(\F)CS(=O)(=O)c1ccc2ccccc2n1. The van der Waals surface area contributed by atoms with Gasteiger partial charge in [0.25, 0.3) is 0 Å². The molecule has 1 aromatic heterocycles. The van der Waals surface area contributed by atoms with Crippen molar-refractivity contribution in [2.75, 3.05) is 12.3 Å². The van der Waals surface area contributed by atoms with Crippen LogP contribution in [0.4, 0.5) is 4.39 Å². The number of pyridine rings is 1. The van der Waals surface area contributed by atoms with Gasteiger partial charge in [-0.1, -0.05) is 18.2 Å². The van der Waals surface area contributed by atoms with Crippen molar-refractivity contribution >= 4 is 45.6 Å². The molecule has 0 aliphatic heterocycles. The molecule has 0 spiro atoms. The molecule has 21 heavy (non-hydrogen) atoms. The second-order valence-electron chi connectivity index (χ2n) is 3.99. The second kappa shape index (κ2) is 8.29. The van der Waals surface area contributed by atoms with Crippen molar-refractivity contribution in [2.45, 2.75) is 5.03 Å². The lowest BCUT2D eigenvalue weighted by Crippen LogP contribution is -2.10. The monoisotopic (exact) mass is 352 g/mol. The number of aromatic nitrogens is 1. The molecule has 0 aliphatic carbocycles. The molecule has 1 heterocycles. The molecule has 0 atom stereocenters. The summed E-state index contributed by atoms with van der Waals surface area (Å²) in [7, 11) is -3.78. The van der Waals surface area contributed by atoms with Crippen LogP contribution < -0.4 is 5.73 Å². The first-order chi connectivity index (χ1) is 9.03. The summed E-state index contributed by atoms with van der Waals surface area (Å²) >= 11 is 0. The largest absolute Gasteiger partial charge is 0.327 e. The van der Waals surface area contributed by atoms with Crippen LogP contribution in [-0.4, -0.2) is 25.7 Å². The van der Waals surface area contributed by atoms with Crippen LogP contribution in [0.25, 0.3) is 10.9 Å². The Bertz CT molecular complexity index is 736. The molecule has 0 fully saturated rings. The third kappa shape index (κ3) is 4.93. The Balaban J connectivity index is 0.00000200. The minimum Gasteiger partial charge on any atom is -0.327 e. The lowest BCUT2D eigenvalue weighted by Gasteiger charge is -2.04. The van der Waals surface area contributed by atoms with E-state index in [4.69, 9.17) is 5.73 Å². The number of benzene rings is 1. The van der Waals surface area contributed by atoms with Crippen LogP contribution in [0.3, 0.4) is 0 Å². The Morgan fingerprint density at radius 3 is 2.52 bits per heavy atom. The first-order valence-corrected chi connectivity index (χ1v) is 7.31. The molecule has 0 radical (unpaired) electrons. The van der Waals surface area contributed by atoms with Crippen molar-refractivity contribution in [1.82, 2.24) is 4.98 Å². The van der Waals surface area contributed by atoms with Crippen LogP contribution in [0.1, 0.15) is 0 Å². The summed E-state index contributed by atoms with van der Waals surface area (Å²) < 4.78 is 37.2. The molecule has 116 valence electrons. The number of hydrogen-bond donors (Lipinski definition) is 1. The van der Waals surface area contributed by atoms with Gasteiger partial charge in [0.05, 0.1) is 5.52 Å². The van der Waals surface area contributed by atoms with Crippen LogP contribution in [0, 0.1) is 0 Å². The molecule has 8 heteroatoms. The number of hydrogen-bond acceptors (Lipinski definition) is 4. The van der Waals surface area contributed by atoms with E-state index in [9.17, 15) is 12.8 Å². The fourth-order valence-corrected chi connectivity index (χ4v) is 2.80. The van der Waals surface area contributed by atoms with E-state index in [-0.39, 0.29) is 36.4 Å². The molecule has 0 bridgehead atoms. The van der Waals surface area contributed by atoms with E-state index in [1.807, 2.05) is 12.1 Å². The normalized spacial score (nSPS) is 11.6. The minimum absolute atomic E-state index is 0. The summed E-state index contributed by atoms with van der Waals surface area (Å²) in [6.45, 7) is -0.0352. The van der Waals surface area contributed by atoms with Crippen molar-refractivity contribution in [1.29, 1.82) is 0 Å². The van der Waals surface area contributed by atoms with Gasteiger partial charge in [-0.15, -0.1) is 24.8 Å². The summed E-state index contributed by atoms with van der Waals surface area (Å²) in [5.74, 6) is -1.48. The van der Waals surface area contributed by atoms with Crippen molar-refractivity contribution in [2.24, 2.45) is 5.73 Å². The van der Waals surface area contributed by atoms with Gasteiger partial charge in [0, 0.05) is 11.9 Å². The van der Waals surface area contributed by atoms with E-state index < -0.39 is 21.4 Å². The third-order valence-electron chi connectivity index (χ3n) is 2.56. The number of fused-ring (bicyclic) bond motifs is 1. The summed E-state index contributed by atoms with van der Waals surface area (Å²) in [5.41, 5.74) is 5.70. The van der Waals surface area contributed by atoms with E-state index in [2.05, 4.69) is 4.98 Å². The maximum atomic E-state index is 13.3. The Morgan fingerprint density at radius 1 is 1.19 bits per heavy atom. The lowest BCUT2D eigenvalue weighted by atomic mass is 10.2. The van der Waals surface area contributed by atoms with Gasteiger partial charge in [0.1, 0.15) is 11.6 Å². The summed E-state index contributed by atoms with van der Waals surface area (Å²) in [6.07, 6.45) is 1.04. The zero-order chi connectivity index (χ0) is 13.9. The first kappa shape index (κ1) is 19.8. The van der Waals surface area contributed by atoms with Crippen LogP contribution >= 0.6 is 24.8 Å². The molecule has 2 rings (SSSR count). The summed E-state index contributed by atoms with van der Waals surface area (Å²) in [4.78, 5) is 4.05. The average molecular weight is 353 g/mol. The highest BCUT2D eigenvalue weighted by Gasteiger charge is 2.18. The van der Waals surface area contributed by atoms with E-state index in [0.717, 1.165) is 11.5 Å². The van der Waals surface area contributed by atoms with Crippen molar-refractivity contribution in [3.05, 3.63) is 48.3 Å². The van der Waals surface area contributed by atoms with Gasteiger partial charge >= 0.3 is 0 Å². The molecule has 0 amide bonds. The van der Waals surface area contributed by atoms with Gasteiger partial charge in [-0.25, -0.2) is 17.8 Å². The van der Waals surface area contributed by atoms with Crippen LogP contribution in [0.5, 0.6) is 0 Å². The number of rotatable bonds is 4. The molecule has 2 aromatic rings. The fraction of sp³-hybridized carbons (Fsp3) is 0.154. The van der Waals surface area contributed by atoms with Crippen LogP contribution in [0.15, 0.2) is 53.3 Å². The summed E-state index contributed by atoms with van der Waals surface area (Å²) in [5, 5.41) is 0.700.